The molecule has 0 aliphatic carbocycles. The Morgan fingerprint density at radius 2 is 2.10 bits per heavy atom. The van der Waals surface area contributed by atoms with Crippen molar-refractivity contribution in [3.63, 3.8) is 0 Å². The van der Waals surface area contributed by atoms with Crippen LogP contribution in [-0.2, 0) is 14.8 Å². The molecule has 20 heavy (non-hydrogen) atoms. The lowest BCUT2D eigenvalue weighted by atomic mass is 10.1. The molecule has 1 unspecified atom stereocenters. The van der Waals surface area contributed by atoms with Gasteiger partial charge in [0, 0.05) is 12.6 Å². The maximum absolute atomic E-state index is 12.2. The minimum Gasteiger partial charge on any atom is -0.465 e. The highest BCUT2D eigenvalue weighted by Crippen LogP contribution is 2.18. The number of ether oxygens (including phenoxy) is 1. The molecule has 7 heteroatoms. The average molecular weight is 300 g/mol. The summed E-state index contributed by atoms with van der Waals surface area (Å²) in [6, 6.07) is 4.42. The Morgan fingerprint density at radius 3 is 2.65 bits per heavy atom. The number of hydrogen-bond donors (Lipinski definition) is 2. The molecule has 0 saturated heterocycles. The van der Waals surface area contributed by atoms with Crippen LogP contribution in [0.25, 0.3) is 0 Å². The number of carbonyl (C=O) groups excluding carboxylic acids is 1. The second-order valence-corrected chi connectivity index (χ2v) is 6.39. The smallest absolute Gasteiger partial charge is 0.339 e. The molecule has 1 atom stereocenters. The topological polar surface area (TPSA) is 98.5 Å². The normalized spacial score (nSPS) is 13.0. The molecule has 1 rings (SSSR count). The number of sulfonamides is 1. The molecule has 112 valence electrons. The summed E-state index contributed by atoms with van der Waals surface area (Å²) in [4.78, 5) is 11.6. The number of rotatable bonds is 6. The quantitative estimate of drug-likeness (QED) is 0.757. The number of esters is 1. The number of methoxy groups -OCH3 is 1. The van der Waals surface area contributed by atoms with Gasteiger partial charge in [-0.3, -0.25) is 0 Å². The van der Waals surface area contributed by atoms with Crippen LogP contribution in [0.3, 0.4) is 0 Å². The fraction of sp³-hybridized carbons (Fsp3) is 0.462. The van der Waals surface area contributed by atoms with E-state index in [-0.39, 0.29) is 23.0 Å². The minimum atomic E-state index is -3.76. The van der Waals surface area contributed by atoms with Crippen LogP contribution >= 0.6 is 0 Å². The monoisotopic (exact) mass is 300 g/mol. The van der Waals surface area contributed by atoms with Crippen molar-refractivity contribution in [2.45, 2.75) is 31.2 Å². The Balaban J connectivity index is 3.08. The highest BCUT2D eigenvalue weighted by atomic mass is 32.2. The molecule has 0 aliphatic heterocycles. The summed E-state index contributed by atoms with van der Waals surface area (Å²) in [5, 5.41) is 0. The van der Waals surface area contributed by atoms with Crippen molar-refractivity contribution in [3.05, 3.63) is 29.3 Å². The van der Waals surface area contributed by atoms with Crippen molar-refractivity contribution in [1.29, 1.82) is 0 Å². The lowest BCUT2D eigenvalue weighted by Gasteiger charge is -2.12. The first-order valence-electron chi connectivity index (χ1n) is 6.22. The number of aryl methyl sites for hydroxylation is 1. The number of carbonyl (C=O) groups is 1. The Labute approximate surface area is 119 Å². The summed E-state index contributed by atoms with van der Waals surface area (Å²) in [5.41, 5.74) is 6.38. The van der Waals surface area contributed by atoms with Crippen LogP contribution < -0.4 is 10.5 Å². The fourth-order valence-corrected chi connectivity index (χ4v) is 2.87. The minimum absolute atomic E-state index is 0.0285. The van der Waals surface area contributed by atoms with Crippen LogP contribution in [0.4, 0.5) is 0 Å². The molecular formula is C13H20N2O4S. The molecule has 6 nitrogen and oxygen atoms in total. The van der Waals surface area contributed by atoms with Gasteiger partial charge < -0.3 is 10.5 Å². The number of benzene rings is 1. The predicted molar refractivity (Wildman–Crippen MR) is 76.0 cm³/mol. The zero-order valence-corrected chi connectivity index (χ0v) is 12.7. The zero-order valence-electron chi connectivity index (χ0n) is 11.8. The maximum atomic E-state index is 12.2. The van der Waals surface area contributed by atoms with E-state index in [1.165, 1.54) is 19.2 Å². The third-order valence-corrected chi connectivity index (χ3v) is 4.24. The molecule has 1 aromatic rings. The molecule has 0 amide bonds. The van der Waals surface area contributed by atoms with Gasteiger partial charge in [-0.05, 0) is 32.4 Å². The Morgan fingerprint density at radius 1 is 1.45 bits per heavy atom. The number of hydrogen-bond acceptors (Lipinski definition) is 5. The van der Waals surface area contributed by atoms with Gasteiger partial charge in [-0.1, -0.05) is 11.6 Å². The SMILES string of the molecule is COC(=O)c1cc(C)ccc1S(=O)(=O)NCCC(C)N. The second kappa shape index (κ2) is 6.83. The van der Waals surface area contributed by atoms with Crippen molar-refractivity contribution >= 4 is 16.0 Å². The molecule has 0 aliphatic rings. The standard InChI is InChI=1S/C13H20N2O4S/c1-9-4-5-12(11(8-9)13(16)19-3)20(17,18)15-7-6-10(2)14/h4-5,8,10,15H,6-7,14H2,1-3H3. The van der Waals surface area contributed by atoms with E-state index < -0.39 is 16.0 Å². The van der Waals surface area contributed by atoms with E-state index in [2.05, 4.69) is 9.46 Å². The predicted octanol–water partition coefficient (Wildman–Crippen LogP) is 0.797. The molecule has 0 heterocycles. The van der Waals surface area contributed by atoms with E-state index in [4.69, 9.17) is 5.73 Å². The number of nitrogens with one attached hydrogen (secondary N) is 1. The summed E-state index contributed by atoms with van der Waals surface area (Å²) in [6.45, 7) is 3.78. The molecule has 0 radical (unpaired) electrons. The molecule has 1 aromatic carbocycles. The first-order chi connectivity index (χ1) is 9.27. The first-order valence-corrected chi connectivity index (χ1v) is 7.70. The van der Waals surface area contributed by atoms with Gasteiger partial charge in [0.1, 0.15) is 0 Å². The van der Waals surface area contributed by atoms with E-state index in [9.17, 15) is 13.2 Å². The highest BCUT2D eigenvalue weighted by molar-refractivity contribution is 7.89. The van der Waals surface area contributed by atoms with Crippen molar-refractivity contribution in [3.8, 4) is 0 Å². The van der Waals surface area contributed by atoms with Gasteiger partial charge in [0.05, 0.1) is 17.6 Å². The third-order valence-electron chi connectivity index (χ3n) is 2.72. The van der Waals surface area contributed by atoms with Gasteiger partial charge in [-0.15, -0.1) is 0 Å². The Kier molecular flexibility index (Phi) is 5.67. The van der Waals surface area contributed by atoms with Crippen LogP contribution in [0.5, 0.6) is 0 Å². The fourth-order valence-electron chi connectivity index (χ4n) is 1.65. The van der Waals surface area contributed by atoms with Crippen LogP contribution in [0, 0.1) is 6.92 Å². The van der Waals surface area contributed by atoms with Gasteiger partial charge in [0.2, 0.25) is 10.0 Å². The van der Waals surface area contributed by atoms with Crippen LogP contribution in [0.1, 0.15) is 29.3 Å². The molecule has 0 spiro atoms. The summed E-state index contributed by atoms with van der Waals surface area (Å²) >= 11 is 0. The number of nitrogens with two attached hydrogens (primary N) is 1. The van der Waals surface area contributed by atoms with Gasteiger partial charge in [-0.2, -0.15) is 0 Å². The van der Waals surface area contributed by atoms with Gasteiger partial charge in [0.25, 0.3) is 0 Å². The second-order valence-electron chi connectivity index (χ2n) is 4.65. The van der Waals surface area contributed by atoms with Gasteiger partial charge >= 0.3 is 5.97 Å². The summed E-state index contributed by atoms with van der Waals surface area (Å²) in [6.07, 6.45) is 0.513. The first kappa shape index (κ1) is 16.6. The van der Waals surface area contributed by atoms with E-state index >= 15 is 0 Å². The molecule has 0 bridgehead atoms. The van der Waals surface area contributed by atoms with Crippen LogP contribution in [0.15, 0.2) is 23.1 Å². The lowest BCUT2D eigenvalue weighted by Crippen LogP contribution is -2.30. The molecular weight excluding hydrogens is 280 g/mol. The highest BCUT2D eigenvalue weighted by Gasteiger charge is 2.22. The molecule has 0 aromatic heterocycles. The van der Waals surface area contributed by atoms with Crippen molar-refractivity contribution in [2.24, 2.45) is 5.73 Å². The summed E-state index contributed by atoms with van der Waals surface area (Å²) < 4.78 is 31.5. The van der Waals surface area contributed by atoms with E-state index in [0.29, 0.717) is 6.42 Å². The van der Waals surface area contributed by atoms with Crippen LogP contribution in [-0.4, -0.2) is 34.1 Å². The van der Waals surface area contributed by atoms with Crippen molar-refractivity contribution in [2.75, 3.05) is 13.7 Å². The molecule has 0 saturated carbocycles. The third kappa shape index (κ3) is 4.29. The summed E-state index contributed by atoms with van der Waals surface area (Å²) in [7, 11) is -2.55. The summed E-state index contributed by atoms with van der Waals surface area (Å²) in [5.74, 6) is -0.679. The van der Waals surface area contributed by atoms with E-state index in [1.54, 1.807) is 19.9 Å². The van der Waals surface area contributed by atoms with E-state index in [1.807, 2.05) is 0 Å². The maximum Gasteiger partial charge on any atom is 0.339 e. The molecule has 0 fully saturated rings. The van der Waals surface area contributed by atoms with E-state index in [0.717, 1.165) is 5.56 Å². The van der Waals surface area contributed by atoms with Crippen molar-refractivity contribution < 1.29 is 17.9 Å². The Hall–Kier alpha value is -1.44. The van der Waals surface area contributed by atoms with Crippen LogP contribution in [0.2, 0.25) is 0 Å². The largest absolute Gasteiger partial charge is 0.465 e. The Bertz CT molecular complexity index is 582. The molecule has 3 N–H and O–H groups in total. The lowest BCUT2D eigenvalue weighted by molar-refractivity contribution is 0.0596. The van der Waals surface area contributed by atoms with Gasteiger partial charge in [-0.25, -0.2) is 17.9 Å². The van der Waals surface area contributed by atoms with Crippen molar-refractivity contribution in [1.82, 2.24) is 4.72 Å². The average Bonchev–Trinajstić information content (AvgIpc) is 2.36. The zero-order chi connectivity index (χ0) is 15.3. The van der Waals surface area contributed by atoms with Gasteiger partial charge in [0.15, 0.2) is 0 Å².